The Kier molecular flexibility index (Phi) is 4.07. The third kappa shape index (κ3) is 2.94. The summed E-state index contributed by atoms with van der Waals surface area (Å²) in [6.07, 6.45) is 5.56. The van der Waals surface area contributed by atoms with Crippen molar-refractivity contribution in [1.29, 1.82) is 0 Å². The van der Waals surface area contributed by atoms with Crippen molar-refractivity contribution >= 4 is 28.4 Å². The number of aryl methyl sites for hydroxylation is 2. The Hall–Kier alpha value is -2.20. The lowest BCUT2D eigenvalue weighted by atomic mass is 10.0. The molecule has 0 bridgehead atoms. The number of fused-ring (bicyclic) bond motifs is 2. The molecule has 0 atom stereocenters. The Morgan fingerprint density at radius 1 is 1.08 bits per heavy atom. The van der Waals surface area contributed by atoms with Crippen LogP contribution in [0.5, 0.6) is 0 Å². The Morgan fingerprint density at radius 2 is 1.83 bits per heavy atom. The number of hydrogen-bond donors (Lipinski definition) is 2. The molecule has 0 unspecified atom stereocenters. The van der Waals surface area contributed by atoms with Gasteiger partial charge in [0.1, 0.15) is 0 Å². The fraction of sp³-hybridized carbons (Fsp3) is 0.250. The highest BCUT2D eigenvalue weighted by molar-refractivity contribution is 7.98. The zero-order chi connectivity index (χ0) is 16.5. The molecular formula is C20H20N2OS. The van der Waals surface area contributed by atoms with Crippen LogP contribution in [0.25, 0.3) is 10.9 Å². The van der Waals surface area contributed by atoms with E-state index in [-0.39, 0.29) is 5.56 Å². The molecule has 2 aromatic carbocycles. The first-order valence-electron chi connectivity index (χ1n) is 8.28. The summed E-state index contributed by atoms with van der Waals surface area (Å²) in [6.45, 7) is 0.529. The molecule has 24 heavy (non-hydrogen) atoms. The molecule has 1 aromatic heterocycles. The van der Waals surface area contributed by atoms with Crippen LogP contribution in [0.4, 0.5) is 5.69 Å². The molecule has 122 valence electrons. The van der Waals surface area contributed by atoms with Gasteiger partial charge in [0.25, 0.3) is 5.56 Å². The Bertz CT molecular complexity index is 944. The van der Waals surface area contributed by atoms with Gasteiger partial charge in [-0.15, -0.1) is 11.8 Å². The highest BCUT2D eigenvalue weighted by atomic mass is 32.2. The standard InChI is InChI=1S/C20H20N2OS/c1-24-18-7-5-17(6-8-18)21-12-16-10-15-9-13-3-2-4-14(13)11-19(15)22-20(16)23/h5-11,21H,2-4,12H2,1H3,(H,22,23). The minimum absolute atomic E-state index is 0.00585. The van der Waals surface area contributed by atoms with E-state index in [0.29, 0.717) is 6.54 Å². The van der Waals surface area contributed by atoms with E-state index in [0.717, 1.165) is 35.0 Å². The first-order valence-corrected chi connectivity index (χ1v) is 9.51. The third-order valence-electron chi connectivity index (χ3n) is 4.71. The maximum absolute atomic E-state index is 12.4. The number of nitrogens with one attached hydrogen (secondary N) is 2. The molecule has 0 aliphatic heterocycles. The van der Waals surface area contributed by atoms with Gasteiger partial charge in [0, 0.05) is 28.2 Å². The number of benzene rings is 2. The van der Waals surface area contributed by atoms with Gasteiger partial charge in [0.2, 0.25) is 0 Å². The van der Waals surface area contributed by atoms with Gasteiger partial charge >= 0.3 is 0 Å². The lowest BCUT2D eigenvalue weighted by Crippen LogP contribution is -2.15. The Morgan fingerprint density at radius 3 is 2.58 bits per heavy atom. The number of thioether (sulfide) groups is 1. The van der Waals surface area contributed by atoms with Gasteiger partial charge in [0.05, 0.1) is 0 Å². The van der Waals surface area contributed by atoms with Crippen molar-refractivity contribution in [2.75, 3.05) is 11.6 Å². The summed E-state index contributed by atoms with van der Waals surface area (Å²) in [7, 11) is 0. The van der Waals surface area contributed by atoms with Gasteiger partial charge in [-0.25, -0.2) is 0 Å². The first kappa shape index (κ1) is 15.3. The molecule has 1 aliphatic carbocycles. The number of H-pyrrole nitrogens is 1. The molecule has 0 saturated heterocycles. The predicted octanol–water partition coefficient (Wildman–Crippen LogP) is 4.35. The van der Waals surface area contributed by atoms with E-state index < -0.39 is 0 Å². The summed E-state index contributed by atoms with van der Waals surface area (Å²) in [5, 5.41) is 4.47. The van der Waals surface area contributed by atoms with E-state index in [1.807, 2.05) is 18.2 Å². The molecule has 1 heterocycles. The average molecular weight is 336 g/mol. The van der Waals surface area contributed by atoms with Crippen LogP contribution in [0.2, 0.25) is 0 Å². The Labute approximate surface area is 145 Å². The van der Waals surface area contributed by atoms with Crippen molar-refractivity contribution < 1.29 is 0 Å². The smallest absolute Gasteiger partial charge is 0.253 e. The SMILES string of the molecule is CSc1ccc(NCc2cc3cc4c(cc3[nH]c2=O)CCC4)cc1. The van der Waals surface area contributed by atoms with E-state index in [1.165, 1.54) is 22.4 Å². The molecular weight excluding hydrogens is 316 g/mol. The van der Waals surface area contributed by atoms with Gasteiger partial charge in [-0.05, 0) is 84.5 Å². The van der Waals surface area contributed by atoms with Crippen LogP contribution in [0.15, 0.2) is 52.2 Å². The van der Waals surface area contributed by atoms with Gasteiger partial charge in [-0.2, -0.15) is 0 Å². The van der Waals surface area contributed by atoms with Gasteiger partial charge in [0.15, 0.2) is 0 Å². The second-order valence-corrected chi connectivity index (χ2v) is 7.15. The summed E-state index contributed by atoms with van der Waals surface area (Å²) in [5.41, 5.74) is 5.57. The molecule has 3 aromatic rings. The number of rotatable bonds is 4. The fourth-order valence-electron chi connectivity index (χ4n) is 3.36. The van der Waals surface area contributed by atoms with Crippen LogP contribution < -0.4 is 10.9 Å². The second-order valence-electron chi connectivity index (χ2n) is 6.27. The highest BCUT2D eigenvalue weighted by Gasteiger charge is 2.13. The molecule has 0 spiro atoms. The van der Waals surface area contributed by atoms with Crippen molar-refractivity contribution in [3.8, 4) is 0 Å². The van der Waals surface area contributed by atoms with Crippen LogP contribution in [0, 0.1) is 0 Å². The summed E-state index contributed by atoms with van der Waals surface area (Å²) in [6, 6.07) is 14.7. The maximum Gasteiger partial charge on any atom is 0.253 e. The van der Waals surface area contributed by atoms with Crippen LogP contribution >= 0.6 is 11.8 Å². The van der Waals surface area contributed by atoms with Crippen LogP contribution in [0.3, 0.4) is 0 Å². The average Bonchev–Trinajstić information content (AvgIpc) is 3.05. The summed E-state index contributed by atoms with van der Waals surface area (Å²) >= 11 is 1.72. The molecule has 1 aliphatic rings. The van der Waals surface area contributed by atoms with E-state index in [9.17, 15) is 4.79 Å². The number of aromatic amines is 1. The van der Waals surface area contributed by atoms with E-state index >= 15 is 0 Å². The predicted molar refractivity (Wildman–Crippen MR) is 102 cm³/mol. The lowest BCUT2D eigenvalue weighted by molar-refractivity contribution is 0.912. The zero-order valence-corrected chi connectivity index (χ0v) is 14.5. The summed E-state index contributed by atoms with van der Waals surface area (Å²) in [4.78, 5) is 16.6. The quantitative estimate of drug-likeness (QED) is 0.696. The highest BCUT2D eigenvalue weighted by Crippen LogP contribution is 2.26. The molecule has 0 fully saturated rings. The number of anilines is 1. The minimum atomic E-state index is -0.00585. The molecule has 3 nitrogen and oxygen atoms in total. The van der Waals surface area contributed by atoms with Crippen molar-refractivity contribution in [2.45, 2.75) is 30.7 Å². The molecule has 0 amide bonds. The van der Waals surface area contributed by atoms with E-state index in [4.69, 9.17) is 0 Å². The first-order chi connectivity index (χ1) is 11.7. The summed E-state index contributed by atoms with van der Waals surface area (Å²) in [5.74, 6) is 0. The monoisotopic (exact) mass is 336 g/mol. The van der Waals surface area contributed by atoms with E-state index in [2.05, 4.69) is 40.8 Å². The van der Waals surface area contributed by atoms with Gasteiger partial charge in [-0.3, -0.25) is 4.79 Å². The second kappa shape index (κ2) is 6.36. The number of hydrogen-bond acceptors (Lipinski definition) is 3. The topological polar surface area (TPSA) is 44.9 Å². The van der Waals surface area contributed by atoms with Crippen molar-refractivity contribution in [1.82, 2.24) is 4.98 Å². The van der Waals surface area contributed by atoms with Crippen molar-refractivity contribution in [2.24, 2.45) is 0 Å². The molecule has 2 N–H and O–H groups in total. The third-order valence-corrected chi connectivity index (χ3v) is 5.45. The summed E-state index contributed by atoms with van der Waals surface area (Å²) < 4.78 is 0. The molecule has 4 heteroatoms. The fourth-order valence-corrected chi connectivity index (χ4v) is 3.77. The van der Waals surface area contributed by atoms with Gasteiger partial charge < -0.3 is 10.3 Å². The normalized spacial score (nSPS) is 13.2. The number of pyridine rings is 1. The van der Waals surface area contributed by atoms with Crippen molar-refractivity contribution in [3.05, 3.63) is 69.5 Å². The zero-order valence-electron chi connectivity index (χ0n) is 13.7. The van der Waals surface area contributed by atoms with Crippen LogP contribution in [0.1, 0.15) is 23.1 Å². The Balaban J connectivity index is 1.60. The minimum Gasteiger partial charge on any atom is -0.381 e. The maximum atomic E-state index is 12.4. The van der Waals surface area contributed by atoms with Crippen LogP contribution in [-0.2, 0) is 19.4 Å². The molecule has 4 rings (SSSR count). The van der Waals surface area contributed by atoms with Crippen molar-refractivity contribution in [3.63, 3.8) is 0 Å². The van der Waals surface area contributed by atoms with Crippen LogP contribution in [-0.4, -0.2) is 11.2 Å². The molecule has 0 radical (unpaired) electrons. The number of aromatic nitrogens is 1. The van der Waals surface area contributed by atoms with Gasteiger partial charge in [-0.1, -0.05) is 0 Å². The largest absolute Gasteiger partial charge is 0.381 e. The van der Waals surface area contributed by atoms with E-state index in [1.54, 1.807) is 11.8 Å². The molecule has 0 saturated carbocycles. The lowest BCUT2D eigenvalue weighted by Gasteiger charge is -2.09.